The molecule has 0 aliphatic rings. The van der Waals surface area contributed by atoms with Crippen LogP contribution in [0.2, 0.25) is 0 Å². The lowest BCUT2D eigenvalue weighted by Gasteiger charge is -2.20. The second-order valence-electron chi connectivity index (χ2n) is 5.31. The van der Waals surface area contributed by atoms with Gasteiger partial charge >= 0.3 is 0 Å². The van der Waals surface area contributed by atoms with E-state index in [1.807, 2.05) is 13.1 Å². The van der Waals surface area contributed by atoms with Gasteiger partial charge in [0, 0.05) is 17.5 Å². The molecule has 1 N–H and O–H groups in total. The van der Waals surface area contributed by atoms with Crippen molar-refractivity contribution in [2.45, 2.75) is 39.8 Å². The van der Waals surface area contributed by atoms with Crippen molar-refractivity contribution in [1.82, 2.24) is 10.2 Å². The molecule has 0 unspecified atom stereocenters. The van der Waals surface area contributed by atoms with E-state index < -0.39 is 0 Å². The molecule has 1 aromatic carbocycles. The molecule has 0 saturated heterocycles. The number of benzene rings is 1. The molecule has 0 aliphatic heterocycles. The molecule has 3 heteroatoms. The molecule has 0 amide bonds. The largest absolute Gasteiger partial charge is 0.459 e. The Morgan fingerprint density at radius 1 is 1.10 bits per heavy atom. The maximum atomic E-state index is 6.09. The molecular weight excluding hydrogens is 248 g/mol. The number of hydrogen-bond donors (Lipinski definition) is 1. The maximum Gasteiger partial charge on any atom is 0.134 e. The minimum absolute atomic E-state index is 0.860. The van der Waals surface area contributed by atoms with Gasteiger partial charge in [-0.25, -0.2) is 0 Å². The Bertz CT molecular complexity index is 527. The summed E-state index contributed by atoms with van der Waals surface area (Å²) >= 11 is 0. The van der Waals surface area contributed by atoms with E-state index in [1.54, 1.807) is 0 Å². The number of hydrogen-bond acceptors (Lipinski definition) is 3. The number of nitrogens with one attached hydrogen (secondary N) is 1. The highest BCUT2D eigenvalue weighted by Gasteiger charge is 2.15. The van der Waals surface area contributed by atoms with Crippen molar-refractivity contribution < 1.29 is 4.42 Å². The highest BCUT2D eigenvalue weighted by Crippen LogP contribution is 2.27. The Hall–Kier alpha value is -1.32. The lowest BCUT2D eigenvalue weighted by atomic mass is 10.1. The fraction of sp³-hybridized carbons (Fsp3) is 0.529. The van der Waals surface area contributed by atoms with Crippen LogP contribution in [0.25, 0.3) is 11.0 Å². The second kappa shape index (κ2) is 7.46. The molecule has 0 bridgehead atoms. The zero-order valence-electron chi connectivity index (χ0n) is 12.9. The van der Waals surface area contributed by atoms with Crippen LogP contribution in [0.1, 0.15) is 38.0 Å². The van der Waals surface area contributed by atoms with Crippen LogP contribution in [0.15, 0.2) is 28.7 Å². The lowest BCUT2D eigenvalue weighted by molar-refractivity contribution is 0.245. The van der Waals surface area contributed by atoms with Gasteiger partial charge in [-0.05, 0) is 39.0 Å². The third-order valence-electron chi connectivity index (χ3n) is 3.58. The van der Waals surface area contributed by atoms with E-state index in [1.165, 1.54) is 23.8 Å². The van der Waals surface area contributed by atoms with Crippen molar-refractivity contribution in [2.24, 2.45) is 0 Å². The van der Waals surface area contributed by atoms with E-state index in [-0.39, 0.29) is 0 Å². The Balaban J connectivity index is 2.29. The van der Waals surface area contributed by atoms with E-state index in [0.29, 0.717) is 0 Å². The van der Waals surface area contributed by atoms with Gasteiger partial charge < -0.3 is 9.73 Å². The molecule has 110 valence electrons. The number of para-hydroxylation sites is 1. The first-order chi connectivity index (χ1) is 9.80. The molecule has 1 heterocycles. The van der Waals surface area contributed by atoms with Crippen LogP contribution in [0.5, 0.6) is 0 Å². The number of nitrogens with zero attached hydrogens (tertiary/aromatic N) is 1. The summed E-state index contributed by atoms with van der Waals surface area (Å²) in [6, 6.07) is 8.33. The minimum atomic E-state index is 0.860. The van der Waals surface area contributed by atoms with Crippen molar-refractivity contribution in [3.63, 3.8) is 0 Å². The van der Waals surface area contributed by atoms with Crippen LogP contribution in [-0.2, 0) is 13.1 Å². The molecule has 0 spiro atoms. The topological polar surface area (TPSA) is 28.4 Å². The van der Waals surface area contributed by atoms with Gasteiger partial charge in [-0.1, -0.05) is 32.0 Å². The normalized spacial score (nSPS) is 11.6. The Morgan fingerprint density at radius 2 is 1.80 bits per heavy atom. The lowest BCUT2D eigenvalue weighted by Crippen LogP contribution is -2.25. The monoisotopic (exact) mass is 274 g/mol. The van der Waals surface area contributed by atoms with E-state index >= 15 is 0 Å². The Labute approximate surface area is 122 Å². The molecule has 2 rings (SSSR count). The Kier molecular flexibility index (Phi) is 5.62. The van der Waals surface area contributed by atoms with Crippen molar-refractivity contribution >= 4 is 11.0 Å². The molecule has 0 saturated carbocycles. The molecule has 20 heavy (non-hydrogen) atoms. The predicted molar refractivity (Wildman–Crippen MR) is 84.8 cm³/mol. The van der Waals surface area contributed by atoms with E-state index in [0.717, 1.165) is 37.5 Å². The third-order valence-corrected chi connectivity index (χ3v) is 3.58. The average molecular weight is 274 g/mol. The maximum absolute atomic E-state index is 6.09. The number of rotatable bonds is 8. The standard InChI is InChI=1S/C17H26N2O/c1-4-10-19(11-5-2)13-17-15(12-18-3)14-8-6-7-9-16(14)20-17/h6-9,18H,4-5,10-13H2,1-3H3. The molecule has 0 radical (unpaired) electrons. The van der Waals surface area contributed by atoms with Crippen molar-refractivity contribution in [1.29, 1.82) is 0 Å². The van der Waals surface area contributed by atoms with Gasteiger partial charge in [0.05, 0.1) is 6.54 Å². The molecule has 0 aliphatic carbocycles. The Morgan fingerprint density at radius 3 is 2.45 bits per heavy atom. The van der Waals surface area contributed by atoms with Gasteiger partial charge in [-0.3, -0.25) is 4.90 Å². The highest BCUT2D eigenvalue weighted by molar-refractivity contribution is 5.82. The zero-order valence-corrected chi connectivity index (χ0v) is 12.9. The fourth-order valence-electron chi connectivity index (χ4n) is 2.75. The average Bonchev–Trinajstić information content (AvgIpc) is 2.78. The highest BCUT2D eigenvalue weighted by atomic mass is 16.3. The fourth-order valence-corrected chi connectivity index (χ4v) is 2.75. The zero-order chi connectivity index (χ0) is 14.4. The van der Waals surface area contributed by atoms with Crippen LogP contribution in [0.4, 0.5) is 0 Å². The first kappa shape index (κ1) is 15.1. The van der Waals surface area contributed by atoms with Crippen LogP contribution < -0.4 is 5.32 Å². The molecule has 0 atom stereocenters. The first-order valence-electron chi connectivity index (χ1n) is 7.66. The quantitative estimate of drug-likeness (QED) is 0.794. The number of furan rings is 1. The molecule has 2 aromatic rings. The molecular formula is C17H26N2O. The molecule has 3 nitrogen and oxygen atoms in total. The van der Waals surface area contributed by atoms with Crippen LogP contribution in [0.3, 0.4) is 0 Å². The van der Waals surface area contributed by atoms with Gasteiger partial charge in [0.25, 0.3) is 0 Å². The first-order valence-corrected chi connectivity index (χ1v) is 7.66. The van der Waals surface area contributed by atoms with Gasteiger partial charge in [0.2, 0.25) is 0 Å². The van der Waals surface area contributed by atoms with Crippen LogP contribution >= 0.6 is 0 Å². The van der Waals surface area contributed by atoms with E-state index in [9.17, 15) is 0 Å². The van der Waals surface area contributed by atoms with Crippen molar-refractivity contribution in [3.8, 4) is 0 Å². The van der Waals surface area contributed by atoms with Crippen LogP contribution in [0, 0.1) is 0 Å². The van der Waals surface area contributed by atoms with E-state index in [4.69, 9.17) is 4.42 Å². The van der Waals surface area contributed by atoms with Gasteiger partial charge in [0.15, 0.2) is 0 Å². The van der Waals surface area contributed by atoms with Gasteiger partial charge in [-0.15, -0.1) is 0 Å². The predicted octanol–water partition coefficient (Wildman–Crippen LogP) is 3.77. The summed E-state index contributed by atoms with van der Waals surface area (Å²) in [5.41, 5.74) is 2.31. The summed E-state index contributed by atoms with van der Waals surface area (Å²) in [5.74, 6) is 1.11. The number of fused-ring (bicyclic) bond motifs is 1. The summed E-state index contributed by atoms with van der Waals surface area (Å²) in [4.78, 5) is 2.48. The SMILES string of the molecule is CCCN(CCC)Cc1oc2ccccc2c1CNC. The summed E-state index contributed by atoms with van der Waals surface area (Å²) < 4.78 is 6.09. The van der Waals surface area contributed by atoms with Gasteiger partial charge in [0.1, 0.15) is 11.3 Å². The smallest absolute Gasteiger partial charge is 0.134 e. The molecule has 1 aromatic heterocycles. The summed E-state index contributed by atoms with van der Waals surface area (Å²) in [5, 5.41) is 4.50. The minimum Gasteiger partial charge on any atom is -0.459 e. The molecule has 0 fully saturated rings. The van der Waals surface area contributed by atoms with Gasteiger partial charge in [-0.2, -0.15) is 0 Å². The summed E-state index contributed by atoms with van der Waals surface area (Å²) in [7, 11) is 1.99. The van der Waals surface area contributed by atoms with Crippen LogP contribution in [-0.4, -0.2) is 25.0 Å². The van der Waals surface area contributed by atoms with Crippen molar-refractivity contribution in [2.75, 3.05) is 20.1 Å². The van der Waals surface area contributed by atoms with E-state index in [2.05, 4.69) is 42.3 Å². The van der Waals surface area contributed by atoms with Crippen molar-refractivity contribution in [3.05, 3.63) is 35.6 Å². The summed E-state index contributed by atoms with van der Waals surface area (Å²) in [6.45, 7) is 8.49. The second-order valence-corrected chi connectivity index (χ2v) is 5.31. The third kappa shape index (κ3) is 3.41. The summed E-state index contributed by atoms with van der Waals surface area (Å²) in [6.07, 6.45) is 2.36.